The van der Waals surface area contributed by atoms with Crippen LogP contribution < -0.4 is 11.1 Å². The molecule has 3 amide bonds. The predicted octanol–water partition coefficient (Wildman–Crippen LogP) is 3.00. The summed E-state index contributed by atoms with van der Waals surface area (Å²) in [6, 6.07) is 2.28. The maximum absolute atomic E-state index is 13.9. The van der Waals surface area contributed by atoms with Crippen LogP contribution in [-0.4, -0.2) is 80.0 Å². The number of nitriles is 1. The van der Waals surface area contributed by atoms with Gasteiger partial charge in [0, 0.05) is 30.6 Å². The summed E-state index contributed by atoms with van der Waals surface area (Å²) in [6.07, 6.45) is 8.59. The molecule has 1 aromatic heterocycles. The molecule has 1 fully saturated rings. The van der Waals surface area contributed by atoms with Gasteiger partial charge in [0.2, 0.25) is 5.91 Å². The highest BCUT2D eigenvalue weighted by Gasteiger charge is 2.43. The molecule has 2 aliphatic carbocycles. The topological polar surface area (TPSA) is 106 Å². The van der Waals surface area contributed by atoms with Crippen molar-refractivity contribution < 1.29 is 9.59 Å². The van der Waals surface area contributed by atoms with Gasteiger partial charge in [-0.2, -0.15) is 5.26 Å². The first-order valence-electron chi connectivity index (χ1n) is 12.8. The van der Waals surface area contributed by atoms with E-state index in [1.54, 1.807) is 0 Å². The average Bonchev–Trinajstić information content (AvgIpc) is 3.15. The standard InChI is InChI=1S/C27H38N6O2S/c1-17-7-5-6-8-18(17)16-33(27(35)30-9-10-31(2)3)26(34)20-11-19-12-21-22(14-28)25(29)36-24(21)13-23(19)32(4)15-20/h7-8,19-20,23H,5-6,9-13,15-16,29H2,1-4H3,(H,30,35)/t19-,20-,23-/m1/s1. The number of nitrogens with one attached hydrogen (secondary N) is 1. The minimum Gasteiger partial charge on any atom is -0.389 e. The van der Waals surface area contributed by atoms with Crippen molar-refractivity contribution in [1.29, 1.82) is 5.26 Å². The Bertz CT molecular complexity index is 1110. The van der Waals surface area contributed by atoms with E-state index in [0.717, 1.165) is 42.4 Å². The minimum atomic E-state index is -0.325. The summed E-state index contributed by atoms with van der Waals surface area (Å²) in [7, 11) is 5.99. The lowest BCUT2D eigenvalue weighted by Crippen LogP contribution is -2.56. The normalized spacial score (nSPS) is 23.7. The van der Waals surface area contributed by atoms with Gasteiger partial charge < -0.3 is 20.9 Å². The second kappa shape index (κ2) is 11.2. The van der Waals surface area contributed by atoms with Crippen molar-refractivity contribution >= 4 is 28.3 Å². The fraction of sp³-hybridized carbons (Fsp3) is 0.593. The van der Waals surface area contributed by atoms with Crippen LogP contribution in [0, 0.1) is 23.2 Å². The third-order valence-electron chi connectivity index (χ3n) is 7.84. The van der Waals surface area contributed by atoms with Gasteiger partial charge in [-0.1, -0.05) is 17.7 Å². The molecular formula is C27H38N6O2S. The molecule has 0 spiro atoms. The monoisotopic (exact) mass is 510 g/mol. The average molecular weight is 511 g/mol. The van der Waals surface area contributed by atoms with Gasteiger partial charge in [0.15, 0.2) is 0 Å². The molecule has 194 valence electrons. The molecular weight excluding hydrogens is 472 g/mol. The van der Waals surface area contributed by atoms with E-state index in [9.17, 15) is 14.9 Å². The van der Waals surface area contributed by atoms with Crippen LogP contribution in [0.1, 0.15) is 42.2 Å². The van der Waals surface area contributed by atoms with Crippen molar-refractivity contribution in [3.05, 3.63) is 39.3 Å². The number of likely N-dealkylation sites (tertiary alicyclic amines) is 1. The van der Waals surface area contributed by atoms with Crippen LogP contribution >= 0.6 is 11.3 Å². The number of nitrogens with two attached hydrogens (primary N) is 1. The Balaban J connectivity index is 1.53. The molecule has 8 nitrogen and oxygen atoms in total. The number of thiophene rings is 1. The van der Waals surface area contributed by atoms with Crippen molar-refractivity contribution in [2.45, 2.75) is 45.1 Å². The largest absolute Gasteiger partial charge is 0.389 e. The highest BCUT2D eigenvalue weighted by atomic mass is 32.1. The molecule has 2 heterocycles. The number of nitrogens with zero attached hydrogens (tertiary/aromatic N) is 4. The second-order valence-corrected chi connectivity index (χ2v) is 11.8. The minimum absolute atomic E-state index is 0.113. The first-order valence-corrected chi connectivity index (χ1v) is 13.6. The Labute approximate surface area is 218 Å². The number of imide groups is 1. The van der Waals surface area contributed by atoms with Gasteiger partial charge in [-0.3, -0.25) is 9.69 Å². The van der Waals surface area contributed by atoms with Gasteiger partial charge in [-0.25, -0.2) is 4.79 Å². The number of allylic oxidation sites excluding steroid dienone is 2. The number of carbonyl (C=O) groups excluding carboxylic acids is 2. The fourth-order valence-electron chi connectivity index (χ4n) is 5.81. The third-order valence-corrected chi connectivity index (χ3v) is 8.92. The lowest BCUT2D eigenvalue weighted by Gasteiger charge is -2.45. The van der Waals surface area contributed by atoms with Crippen LogP contribution in [0.15, 0.2) is 23.3 Å². The Morgan fingerprint density at radius 2 is 2.03 bits per heavy atom. The highest BCUT2D eigenvalue weighted by Crippen LogP contribution is 2.43. The van der Waals surface area contributed by atoms with E-state index in [2.05, 4.69) is 42.4 Å². The second-order valence-electron chi connectivity index (χ2n) is 10.6. The summed E-state index contributed by atoms with van der Waals surface area (Å²) in [5, 5.41) is 13.2. The number of hydrogen-bond acceptors (Lipinski definition) is 7. The summed E-state index contributed by atoms with van der Waals surface area (Å²) in [6.45, 7) is 4.16. The van der Waals surface area contributed by atoms with Crippen molar-refractivity contribution in [3.8, 4) is 6.07 Å². The zero-order valence-corrected chi connectivity index (χ0v) is 22.7. The number of likely N-dealkylation sites (N-methyl/N-ethyl adjacent to an activating group) is 2. The number of hydrogen-bond donors (Lipinski definition) is 2. The summed E-state index contributed by atoms with van der Waals surface area (Å²) in [4.78, 5) is 34.1. The number of rotatable bonds is 6. The molecule has 1 saturated heterocycles. The van der Waals surface area contributed by atoms with E-state index in [4.69, 9.17) is 5.73 Å². The molecule has 0 bridgehead atoms. The van der Waals surface area contributed by atoms with Gasteiger partial charge in [0.05, 0.1) is 18.0 Å². The molecule has 3 N–H and O–H groups in total. The van der Waals surface area contributed by atoms with E-state index >= 15 is 0 Å². The smallest absolute Gasteiger partial charge is 0.324 e. The van der Waals surface area contributed by atoms with Gasteiger partial charge in [-0.15, -0.1) is 11.3 Å². The predicted molar refractivity (Wildman–Crippen MR) is 144 cm³/mol. The number of anilines is 1. The van der Waals surface area contributed by atoms with Gasteiger partial charge >= 0.3 is 6.03 Å². The van der Waals surface area contributed by atoms with Crippen molar-refractivity contribution in [2.24, 2.45) is 11.8 Å². The van der Waals surface area contributed by atoms with Crippen LogP contribution in [0.5, 0.6) is 0 Å². The summed E-state index contributed by atoms with van der Waals surface area (Å²) < 4.78 is 0. The van der Waals surface area contributed by atoms with Crippen LogP contribution in [0.3, 0.4) is 0 Å². The van der Waals surface area contributed by atoms with Crippen LogP contribution in [0.2, 0.25) is 0 Å². The van der Waals surface area contributed by atoms with Gasteiger partial charge in [0.25, 0.3) is 0 Å². The molecule has 1 aromatic rings. The molecule has 0 unspecified atom stereocenters. The van der Waals surface area contributed by atoms with Crippen LogP contribution in [0.4, 0.5) is 9.80 Å². The lowest BCUT2D eigenvalue weighted by atomic mass is 9.74. The molecule has 1 aliphatic heterocycles. The first-order chi connectivity index (χ1) is 17.2. The van der Waals surface area contributed by atoms with Crippen molar-refractivity contribution in [2.75, 3.05) is 53.1 Å². The SMILES string of the molecule is CC1=CCCC=C1CN(C(=O)NCCN(C)C)C(=O)[C@@H]1C[C@@H]2Cc3c(sc(N)c3C#N)C[C@H]2N(C)C1. The molecule has 0 saturated carbocycles. The van der Waals surface area contributed by atoms with E-state index < -0.39 is 0 Å². The molecule has 3 aliphatic rings. The maximum Gasteiger partial charge on any atom is 0.324 e. The van der Waals surface area contributed by atoms with Crippen LogP contribution in [-0.2, 0) is 17.6 Å². The number of piperidine rings is 1. The van der Waals surface area contributed by atoms with E-state index in [-0.39, 0.29) is 23.8 Å². The number of urea groups is 1. The molecule has 9 heteroatoms. The quantitative estimate of drug-likeness (QED) is 0.610. The number of nitrogen functional groups attached to an aromatic ring is 1. The molecule has 0 aromatic carbocycles. The molecule has 3 atom stereocenters. The summed E-state index contributed by atoms with van der Waals surface area (Å²) >= 11 is 1.53. The van der Waals surface area contributed by atoms with E-state index in [1.165, 1.54) is 21.1 Å². The number of fused-ring (bicyclic) bond motifs is 2. The zero-order valence-electron chi connectivity index (χ0n) is 21.8. The van der Waals surface area contributed by atoms with Crippen molar-refractivity contribution in [3.63, 3.8) is 0 Å². The Kier molecular flexibility index (Phi) is 8.18. The zero-order chi connectivity index (χ0) is 26.0. The van der Waals surface area contributed by atoms with Gasteiger partial charge in [-0.05, 0) is 77.2 Å². The number of amides is 3. The van der Waals surface area contributed by atoms with E-state index in [0.29, 0.717) is 49.2 Å². The van der Waals surface area contributed by atoms with Crippen LogP contribution in [0.25, 0.3) is 0 Å². The Morgan fingerprint density at radius 1 is 1.28 bits per heavy atom. The summed E-state index contributed by atoms with van der Waals surface area (Å²) in [5.74, 6) is -0.133. The highest BCUT2D eigenvalue weighted by molar-refractivity contribution is 7.16. The number of carbonyl (C=O) groups is 2. The van der Waals surface area contributed by atoms with E-state index in [1.807, 2.05) is 19.0 Å². The van der Waals surface area contributed by atoms with Crippen molar-refractivity contribution in [1.82, 2.24) is 20.0 Å². The first kappa shape index (κ1) is 26.4. The summed E-state index contributed by atoms with van der Waals surface area (Å²) in [5.41, 5.74) is 9.99. The van der Waals surface area contributed by atoms with Gasteiger partial charge in [0.1, 0.15) is 11.1 Å². The molecule has 36 heavy (non-hydrogen) atoms. The maximum atomic E-state index is 13.9. The Hall–Kier alpha value is -2.67. The lowest BCUT2D eigenvalue weighted by molar-refractivity contribution is -0.135. The third kappa shape index (κ3) is 5.51. The fourth-order valence-corrected chi connectivity index (χ4v) is 6.91. The Morgan fingerprint density at radius 3 is 2.72 bits per heavy atom. The molecule has 4 rings (SSSR count). The molecule has 0 radical (unpaired) electrons.